The SMILES string of the molecule is CNCC1(CN2CC(C)C(C)C2)CCC(C)CC1. The molecular weight excluding hydrogens is 220 g/mol. The molecule has 2 nitrogen and oxygen atoms in total. The Labute approximate surface area is 114 Å². The molecule has 18 heavy (non-hydrogen) atoms. The third kappa shape index (κ3) is 3.27. The average molecular weight is 252 g/mol. The first-order valence-corrected chi connectivity index (χ1v) is 7.91. The maximum atomic E-state index is 3.46. The average Bonchev–Trinajstić information content (AvgIpc) is 2.62. The Morgan fingerprint density at radius 3 is 2.11 bits per heavy atom. The first-order chi connectivity index (χ1) is 8.54. The molecule has 1 heterocycles. The van der Waals surface area contributed by atoms with Crippen LogP contribution in [0.3, 0.4) is 0 Å². The van der Waals surface area contributed by atoms with Crippen molar-refractivity contribution >= 4 is 0 Å². The Hall–Kier alpha value is -0.0800. The molecule has 1 saturated heterocycles. The first kappa shape index (κ1) is 14.3. The molecule has 106 valence electrons. The van der Waals surface area contributed by atoms with Crippen molar-refractivity contribution in [3.8, 4) is 0 Å². The highest BCUT2D eigenvalue weighted by molar-refractivity contribution is 4.91. The maximum absolute atomic E-state index is 3.46. The highest BCUT2D eigenvalue weighted by Crippen LogP contribution is 2.40. The predicted octanol–water partition coefficient (Wildman–Crippen LogP) is 2.99. The van der Waals surface area contributed by atoms with Gasteiger partial charge < -0.3 is 10.2 Å². The van der Waals surface area contributed by atoms with Crippen molar-refractivity contribution in [2.75, 3.05) is 33.2 Å². The van der Waals surface area contributed by atoms with E-state index in [1.165, 1.54) is 51.9 Å². The van der Waals surface area contributed by atoms with E-state index in [1.54, 1.807) is 0 Å². The summed E-state index contributed by atoms with van der Waals surface area (Å²) < 4.78 is 0. The van der Waals surface area contributed by atoms with Crippen molar-refractivity contribution in [3.05, 3.63) is 0 Å². The number of nitrogens with zero attached hydrogens (tertiary/aromatic N) is 1. The van der Waals surface area contributed by atoms with Crippen LogP contribution >= 0.6 is 0 Å². The van der Waals surface area contributed by atoms with Crippen molar-refractivity contribution in [3.63, 3.8) is 0 Å². The van der Waals surface area contributed by atoms with Gasteiger partial charge in [0.1, 0.15) is 0 Å². The molecule has 1 aliphatic heterocycles. The zero-order valence-electron chi connectivity index (χ0n) is 12.8. The number of likely N-dealkylation sites (tertiary alicyclic amines) is 1. The fourth-order valence-electron chi connectivity index (χ4n) is 3.99. The molecule has 2 heteroatoms. The summed E-state index contributed by atoms with van der Waals surface area (Å²) in [6.45, 7) is 12.4. The second-order valence-corrected chi connectivity index (χ2v) is 7.36. The lowest BCUT2D eigenvalue weighted by atomic mass is 9.70. The van der Waals surface area contributed by atoms with E-state index in [2.05, 4.69) is 38.0 Å². The third-order valence-corrected chi connectivity index (χ3v) is 5.51. The lowest BCUT2D eigenvalue weighted by Crippen LogP contribution is -2.45. The van der Waals surface area contributed by atoms with Gasteiger partial charge in [0.05, 0.1) is 0 Å². The molecule has 0 spiro atoms. The number of hydrogen-bond acceptors (Lipinski definition) is 2. The topological polar surface area (TPSA) is 15.3 Å². The number of hydrogen-bond donors (Lipinski definition) is 1. The van der Waals surface area contributed by atoms with Gasteiger partial charge in [0.25, 0.3) is 0 Å². The highest BCUT2D eigenvalue weighted by atomic mass is 15.2. The van der Waals surface area contributed by atoms with Gasteiger partial charge in [0.2, 0.25) is 0 Å². The van der Waals surface area contributed by atoms with Gasteiger partial charge in [-0.3, -0.25) is 0 Å². The van der Waals surface area contributed by atoms with Crippen LogP contribution in [-0.2, 0) is 0 Å². The molecule has 2 fully saturated rings. The van der Waals surface area contributed by atoms with Crippen LogP contribution in [0.5, 0.6) is 0 Å². The monoisotopic (exact) mass is 252 g/mol. The van der Waals surface area contributed by atoms with Gasteiger partial charge in [0, 0.05) is 26.2 Å². The minimum atomic E-state index is 0.561. The van der Waals surface area contributed by atoms with Crippen molar-refractivity contribution in [1.29, 1.82) is 0 Å². The molecule has 2 atom stereocenters. The van der Waals surface area contributed by atoms with Crippen LogP contribution in [0.2, 0.25) is 0 Å². The molecule has 2 rings (SSSR count). The highest BCUT2D eigenvalue weighted by Gasteiger charge is 2.37. The minimum absolute atomic E-state index is 0.561. The zero-order chi connectivity index (χ0) is 13.2. The van der Waals surface area contributed by atoms with Crippen LogP contribution in [0, 0.1) is 23.2 Å². The Bertz CT molecular complexity index is 246. The molecule has 0 bridgehead atoms. The lowest BCUT2D eigenvalue weighted by Gasteiger charge is -2.42. The van der Waals surface area contributed by atoms with Crippen LogP contribution in [-0.4, -0.2) is 38.1 Å². The summed E-state index contributed by atoms with van der Waals surface area (Å²) in [7, 11) is 2.12. The van der Waals surface area contributed by atoms with Gasteiger partial charge in [-0.15, -0.1) is 0 Å². The van der Waals surface area contributed by atoms with Crippen molar-refractivity contribution in [2.45, 2.75) is 46.5 Å². The normalized spacial score (nSPS) is 42.3. The van der Waals surface area contributed by atoms with Gasteiger partial charge in [-0.2, -0.15) is 0 Å². The zero-order valence-corrected chi connectivity index (χ0v) is 12.8. The second kappa shape index (κ2) is 5.92. The second-order valence-electron chi connectivity index (χ2n) is 7.36. The molecule has 1 aliphatic carbocycles. The van der Waals surface area contributed by atoms with Crippen LogP contribution in [0.4, 0.5) is 0 Å². The van der Waals surface area contributed by atoms with E-state index in [4.69, 9.17) is 0 Å². The van der Waals surface area contributed by atoms with Crippen LogP contribution in [0.25, 0.3) is 0 Å². The van der Waals surface area contributed by atoms with Crippen molar-refractivity contribution < 1.29 is 0 Å². The summed E-state index contributed by atoms with van der Waals surface area (Å²) >= 11 is 0. The van der Waals surface area contributed by atoms with Crippen molar-refractivity contribution in [1.82, 2.24) is 10.2 Å². The van der Waals surface area contributed by atoms with Gasteiger partial charge in [-0.05, 0) is 43.1 Å². The molecule has 0 radical (unpaired) electrons. The predicted molar refractivity (Wildman–Crippen MR) is 78.8 cm³/mol. The summed E-state index contributed by atoms with van der Waals surface area (Å²) in [4.78, 5) is 2.74. The molecule has 1 saturated carbocycles. The smallest absolute Gasteiger partial charge is 0.00504 e. The van der Waals surface area contributed by atoms with Gasteiger partial charge >= 0.3 is 0 Å². The van der Waals surface area contributed by atoms with E-state index in [0.717, 1.165) is 17.8 Å². The summed E-state index contributed by atoms with van der Waals surface area (Å²) in [6, 6.07) is 0. The van der Waals surface area contributed by atoms with E-state index >= 15 is 0 Å². The quantitative estimate of drug-likeness (QED) is 0.827. The molecule has 0 aromatic rings. The van der Waals surface area contributed by atoms with E-state index in [9.17, 15) is 0 Å². The van der Waals surface area contributed by atoms with E-state index < -0.39 is 0 Å². The van der Waals surface area contributed by atoms with Crippen LogP contribution in [0.15, 0.2) is 0 Å². The summed E-state index contributed by atoms with van der Waals surface area (Å²) in [5.41, 5.74) is 0.561. The molecule has 0 aromatic heterocycles. The van der Waals surface area contributed by atoms with Gasteiger partial charge in [0.15, 0.2) is 0 Å². The summed E-state index contributed by atoms with van der Waals surface area (Å²) in [5.74, 6) is 2.73. The third-order valence-electron chi connectivity index (χ3n) is 5.51. The summed E-state index contributed by atoms with van der Waals surface area (Å²) in [6.07, 6.45) is 5.71. The first-order valence-electron chi connectivity index (χ1n) is 7.91. The van der Waals surface area contributed by atoms with E-state index in [-0.39, 0.29) is 0 Å². The lowest BCUT2D eigenvalue weighted by molar-refractivity contribution is 0.0977. The van der Waals surface area contributed by atoms with Gasteiger partial charge in [-0.25, -0.2) is 0 Å². The Balaban J connectivity index is 1.94. The molecule has 0 aromatic carbocycles. The molecule has 0 amide bonds. The fourth-order valence-corrected chi connectivity index (χ4v) is 3.99. The Morgan fingerprint density at radius 1 is 1.06 bits per heavy atom. The Morgan fingerprint density at radius 2 is 1.61 bits per heavy atom. The fraction of sp³-hybridized carbons (Fsp3) is 1.00. The van der Waals surface area contributed by atoms with Crippen LogP contribution in [0.1, 0.15) is 46.5 Å². The largest absolute Gasteiger partial charge is 0.319 e. The molecule has 2 unspecified atom stereocenters. The standard InChI is InChI=1S/C16H32N2/c1-13-5-7-16(8-6-13,11-17-4)12-18-9-14(2)15(3)10-18/h13-15,17H,5-12H2,1-4H3. The molecule has 1 N–H and O–H groups in total. The minimum Gasteiger partial charge on any atom is -0.319 e. The summed E-state index contributed by atoms with van der Waals surface area (Å²) in [5, 5.41) is 3.46. The molecular formula is C16H32N2. The maximum Gasteiger partial charge on any atom is 0.00504 e. The number of nitrogens with one attached hydrogen (secondary N) is 1. The Kier molecular flexibility index (Phi) is 4.71. The van der Waals surface area contributed by atoms with Crippen LogP contribution < -0.4 is 5.32 Å². The van der Waals surface area contributed by atoms with Gasteiger partial charge in [-0.1, -0.05) is 33.6 Å². The van der Waals surface area contributed by atoms with E-state index in [0.29, 0.717) is 5.41 Å². The van der Waals surface area contributed by atoms with Crippen molar-refractivity contribution in [2.24, 2.45) is 23.2 Å². The number of rotatable bonds is 4. The molecule has 2 aliphatic rings. The van der Waals surface area contributed by atoms with E-state index in [1.807, 2.05) is 0 Å².